The average Bonchev–Trinajstić information content (AvgIpc) is 2.66. The third-order valence-electron chi connectivity index (χ3n) is 3.38. The van der Waals surface area contributed by atoms with Crippen LogP contribution in [0.3, 0.4) is 0 Å². The van der Waals surface area contributed by atoms with Crippen molar-refractivity contribution in [1.29, 1.82) is 0 Å². The lowest BCUT2D eigenvalue weighted by molar-refractivity contribution is 0.710. The second-order valence-electron chi connectivity index (χ2n) is 4.56. The van der Waals surface area contributed by atoms with Gasteiger partial charge in [-0.3, -0.25) is 0 Å². The fourth-order valence-electron chi connectivity index (χ4n) is 2.64. The van der Waals surface area contributed by atoms with Crippen LogP contribution < -0.4 is 0 Å². The van der Waals surface area contributed by atoms with Gasteiger partial charge in [0, 0.05) is 4.83 Å². The number of halogens is 1. The third-order valence-corrected chi connectivity index (χ3v) is 4.21. The molecular formula is C14H19Br. The quantitative estimate of drug-likeness (QED) is 0.698. The molecule has 0 nitrogen and oxygen atoms in total. The van der Waals surface area contributed by atoms with E-state index in [9.17, 15) is 0 Å². The Bertz CT molecular complexity index is 319. The Labute approximate surface area is 101 Å². The zero-order valence-electron chi connectivity index (χ0n) is 9.38. The largest absolute Gasteiger partial charge is 0.0890 e. The number of alkyl halides is 1. The maximum absolute atomic E-state index is 3.74. The minimum atomic E-state index is 0.747. The fraction of sp³-hybridized carbons (Fsp3) is 0.571. The Morgan fingerprint density at radius 2 is 2.07 bits per heavy atom. The molecule has 0 bridgehead atoms. The highest BCUT2D eigenvalue weighted by molar-refractivity contribution is 9.09. The van der Waals surface area contributed by atoms with Gasteiger partial charge in [-0.2, -0.15) is 0 Å². The van der Waals surface area contributed by atoms with E-state index in [1.54, 1.807) is 11.1 Å². The summed E-state index contributed by atoms with van der Waals surface area (Å²) in [7, 11) is 0. The van der Waals surface area contributed by atoms with Crippen molar-refractivity contribution in [1.82, 2.24) is 0 Å². The maximum Gasteiger partial charge on any atom is 0.0151 e. The van der Waals surface area contributed by atoms with E-state index in [2.05, 4.69) is 47.1 Å². The van der Waals surface area contributed by atoms with E-state index in [-0.39, 0.29) is 0 Å². The SMILES string of the molecule is CCCc1ccccc1C1CCC(Br)C1. The first-order valence-electron chi connectivity index (χ1n) is 6.03. The van der Waals surface area contributed by atoms with Crippen LogP contribution in [0.1, 0.15) is 49.7 Å². The lowest BCUT2D eigenvalue weighted by Gasteiger charge is -2.14. The predicted octanol–water partition coefficient (Wildman–Crippen LogP) is 4.67. The molecule has 1 fully saturated rings. The molecule has 2 unspecified atom stereocenters. The molecule has 1 aliphatic carbocycles. The zero-order chi connectivity index (χ0) is 10.7. The first-order chi connectivity index (χ1) is 7.31. The number of hydrogen-bond donors (Lipinski definition) is 0. The fourth-order valence-corrected chi connectivity index (χ4v) is 3.35. The lowest BCUT2D eigenvalue weighted by Crippen LogP contribution is -1.99. The van der Waals surface area contributed by atoms with Crippen LogP contribution in [-0.2, 0) is 6.42 Å². The number of aryl methyl sites for hydroxylation is 1. The monoisotopic (exact) mass is 266 g/mol. The van der Waals surface area contributed by atoms with Crippen molar-refractivity contribution >= 4 is 15.9 Å². The number of benzene rings is 1. The first kappa shape index (κ1) is 11.2. The Morgan fingerprint density at radius 3 is 2.73 bits per heavy atom. The van der Waals surface area contributed by atoms with Crippen LogP contribution in [0, 0.1) is 0 Å². The van der Waals surface area contributed by atoms with Gasteiger partial charge in [0.15, 0.2) is 0 Å². The van der Waals surface area contributed by atoms with E-state index in [0.29, 0.717) is 0 Å². The summed E-state index contributed by atoms with van der Waals surface area (Å²) in [5.41, 5.74) is 3.19. The first-order valence-corrected chi connectivity index (χ1v) is 6.94. The third kappa shape index (κ3) is 2.63. The number of hydrogen-bond acceptors (Lipinski definition) is 0. The second kappa shape index (κ2) is 5.16. The van der Waals surface area contributed by atoms with Gasteiger partial charge in [0.2, 0.25) is 0 Å². The van der Waals surface area contributed by atoms with Crippen LogP contribution in [0.15, 0.2) is 24.3 Å². The highest BCUT2D eigenvalue weighted by atomic mass is 79.9. The van der Waals surface area contributed by atoms with Gasteiger partial charge >= 0.3 is 0 Å². The average molecular weight is 267 g/mol. The van der Waals surface area contributed by atoms with Gasteiger partial charge in [-0.15, -0.1) is 0 Å². The molecule has 0 aromatic heterocycles. The molecule has 2 rings (SSSR count). The Kier molecular flexibility index (Phi) is 3.85. The van der Waals surface area contributed by atoms with Crippen molar-refractivity contribution in [3.63, 3.8) is 0 Å². The topological polar surface area (TPSA) is 0 Å². The molecule has 0 heterocycles. The van der Waals surface area contributed by atoms with Gasteiger partial charge < -0.3 is 0 Å². The number of rotatable bonds is 3. The predicted molar refractivity (Wildman–Crippen MR) is 69.7 cm³/mol. The van der Waals surface area contributed by atoms with Crippen LogP contribution in [0.2, 0.25) is 0 Å². The normalized spacial score (nSPS) is 25.7. The van der Waals surface area contributed by atoms with E-state index in [1.807, 2.05) is 0 Å². The Morgan fingerprint density at radius 1 is 1.27 bits per heavy atom. The zero-order valence-corrected chi connectivity index (χ0v) is 11.0. The molecule has 0 radical (unpaired) electrons. The van der Waals surface area contributed by atoms with Gasteiger partial charge in [-0.05, 0) is 42.7 Å². The summed E-state index contributed by atoms with van der Waals surface area (Å²) < 4.78 is 0. The minimum Gasteiger partial charge on any atom is -0.0890 e. The molecule has 0 aliphatic heterocycles. The molecule has 1 aromatic carbocycles. The van der Waals surface area contributed by atoms with Crippen LogP contribution in [0.4, 0.5) is 0 Å². The van der Waals surface area contributed by atoms with Gasteiger partial charge in [0.1, 0.15) is 0 Å². The molecule has 0 spiro atoms. The van der Waals surface area contributed by atoms with Gasteiger partial charge in [0.05, 0.1) is 0 Å². The van der Waals surface area contributed by atoms with Gasteiger partial charge in [0.25, 0.3) is 0 Å². The van der Waals surface area contributed by atoms with E-state index >= 15 is 0 Å². The summed E-state index contributed by atoms with van der Waals surface area (Å²) in [5.74, 6) is 0.803. The highest BCUT2D eigenvalue weighted by Gasteiger charge is 2.24. The molecule has 0 amide bonds. The molecular weight excluding hydrogens is 248 g/mol. The summed E-state index contributed by atoms with van der Waals surface area (Å²) in [4.78, 5) is 0.747. The lowest BCUT2D eigenvalue weighted by atomic mass is 9.91. The van der Waals surface area contributed by atoms with E-state index in [4.69, 9.17) is 0 Å². The molecule has 82 valence electrons. The Hall–Kier alpha value is -0.300. The van der Waals surface area contributed by atoms with E-state index in [0.717, 1.165) is 10.7 Å². The van der Waals surface area contributed by atoms with Crippen molar-refractivity contribution < 1.29 is 0 Å². The molecule has 2 atom stereocenters. The molecule has 0 N–H and O–H groups in total. The van der Waals surface area contributed by atoms with Gasteiger partial charge in [-0.1, -0.05) is 53.5 Å². The molecule has 1 aromatic rings. The van der Waals surface area contributed by atoms with Gasteiger partial charge in [-0.25, -0.2) is 0 Å². The van der Waals surface area contributed by atoms with E-state index < -0.39 is 0 Å². The second-order valence-corrected chi connectivity index (χ2v) is 5.85. The standard InChI is InChI=1S/C14H19Br/c1-2-5-11-6-3-4-7-14(11)12-8-9-13(15)10-12/h3-4,6-7,12-13H,2,5,8-10H2,1H3. The summed E-state index contributed by atoms with van der Waals surface area (Å²) in [6.45, 7) is 2.26. The summed E-state index contributed by atoms with van der Waals surface area (Å²) >= 11 is 3.74. The smallest absolute Gasteiger partial charge is 0.0151 e. The van der Waals surface area contributed by atoms with Crippen molar-refractivity contribution in [2.24, 2.45) is 0 Å². The van der Waals surface area contributed by atoms with Crippen LogP contribution in [0.5, 0.6) is 0 Å². The van der Waals surface area contributed by atoms with Crippen LogP contribution >= 0.6 is 15.9 Å². The van der Waals surface area contributed by atoms with E-state index in [1.165, 1.54) is 32.1 Å². The minimum absolute atomic E-state index is 0.747. The highest BCUT2D eigenvalue weighted by Crippen LogP contribution is 2.39. The van der Waals surface area contributed by atoms with Crippen molar-refractivity contribution in [2.75, 3.05) is 0 Å². The van der Waals surface area contributed by atoms with Crippen LogP contribution in [0.25, 0.3) is 0 Å². The molecule has 1 aliphatic rings. The summed E-state index contributed by atoms with van der Waals surface area (Å²) in [6.07, 6.45) is 6.50. The van der Waals surface area contributed by atoms with Crippen molar-refractivity contribution in [2.45, 2.75) is 49.8 Å². The molecule has 1 heteroatoms. The maximum atomic E-state index is 3.74. The summed E-state index contributed by atoms with van der Waals surface area (Å²) in [5, 5.41) is 0. The molecule has 0 saturated heterocycles. The molecule has 1 saturated carbocycles. The van der Waals surface area contributed by atoms with Crippen molar-refractivity contribution in [3.05, 3.63) is 35.4 Å². The molecule has 15 heavy (non-hydrogen) atoms. The van der Waals surface area contributed by atoms with Crippen LogP contribution in [-0.4, -0.2) is 4.83 Å². The Balaban J connectivity index is 2.19. The van der Waals surface area contributed by atoms with Crippen molar-refractivity contribution in [3.8, 4) is 0 Å². The summed E-state index contributed by atoms with van der Waals surface area (Å²) in [6, 6.07) is 9.01.